The van der Waals surface area contributed by atoms with Gasteiger partial charge in [0.25, 0.3) is 0 Å². The van der Waals surface area contributed by atoms with Gasteiger partial charge in [-0.25, -0.2) is 4.39 Å². The molecule has 1 atom stereocenters. The van der Waals surface area contributed by atoms with E-state index in [1.165, 1.54) is 0 Å². The summed E-state index contributed by atoms with van der Waals surface area (Å²) in [6.45, 7) is -0.578. The van der Waals surface area contributed by atoms with Crippen LogP contribution in [0.4, 0.5) is 4.39 Å². The first-order chi connectivity index (χ1) is 6.81. The lowest BCUT2D eigenvalue weighted by atomic mass is 10.1. The minimum absolute atomic E-state index is 0. The normalized spacial score (nSPS) is 12.1. The summed E-state index contributed by atoms with van der Waals surface area (Å²) in [4.78, 5) is 4.28. The number of aromatic nitrogens is 1. The van der Waals surface area contributed by atoms with Crippen molar-refractivity contribution < 1.29 is 4.39 Å². The van der Waals surface area contributed by atoms with E-state index >= 15 is 0 Å². The third kappa shape index (κ3) is 2.43. The number of para-hydroxylation sites is 1. The van der Waals surface area contributed by atoms with Crippen molar-refractivity contribution in [3.8, 4) is 0 Å². The monoisotopic (exact) mass is 226 g/mol. The second kappa shape index (κ2) is 5.05. The second-order valence-corrected chi connectivity index (χ2v) is 3.19. The van der Waals surface area contributed by atoms with Crippen LogP contribution < -0.4 is 5.73 Å². The van der Waals surface area contributed by atoms with Gasteiger partial charge in [0.1, 0.15) is 6.67 Å². The number of benzene rings is 1. The second-order valence-electron chi connectivity index (χ2n) is 3.19. The molecule has 2 aromatic rings. The van der Waals surface area contributed by atoms with E-state index in [-0.39, 0.29) is 12.4 Å². The number of fused-ring (bicyclic) bond motifs is 1. The molecular formula is C11H12ClFN2. The molecule has 4 heteroatoms. The average Bonchev–Trinajstić information content (AvgIpc) is 2.27. The van der Waals surface area contributed by atoms with E-state index in [0.717, 1.165) is 10.9 Å². The number of nitrogens with two attached hydrogens (primary N) is 1. The van der Waals surface area contributed by atoms with Crippen LogP contribution in [0.1, 0.15) is 11.7 Å². The van der Waals surface area contributed by atoms with Crippen molar-refractivity contribution in [2.75, 3.05) is 6.67 Å². The van der Waals surface area contributed by atoms with Gasteiger partial charge < -0.3 is 5.73 Å². The van der Waals surface area contributed by atoms with Crippen molar-refractivity contribution in [1.82, 2.24) is 4.98 Å². The Labute approximate surface area is 93.7 Å². The van der Waals surface area contributed by atoms with Crippen molar-refractivity contribution in [2.45, 2.75) is 6.04 Å². The summed E-state index contributed by atoms with van der Waals surface area (Å²) in [5.74, 6) is 0. The molecule has 2 rings (SSSR count). The lowest BCUT2D eigenvalue weighted by Crippen LogP contribution is -2.13. The van der Waals surface area contributed by atoms with Gasteiger partial charge in [-0.1, -0.05) is 24.3 Å². The maximum absolute atomic E-state index is 12.3. The lowest BCUT2D eigenvalue weighted by molar-refractivity contribution is 0.432. The molecule has 0 fully saturated rings. The fourth-order valence-corrected chi connectivity index (χ4v) is 1.37. The number of pyridine rings is 1. The largest absolute Gasteiger partial charge is 0.321 e. The Morgan fingerprint density at radius 3 is 2.67 bits per heavy atom. The van der Waals surface area contributed by atoms with Gasteiger partial charge in [0.05, 0.1) is 17.3 Å². The van der Waals surface area contributed by atoms with Gasteiger partial charge in [-0.2, -0.15) is 0 Å². The van der Waals surface area contributed by atoms with Crippen molar-refractivity contribution in [3.05, 3.63) is 42.1 Å². The summed E-state index contributed by atoms with van der Waals surface area (Å²) in [5.41, 5.74) is 7.01. The first kappa shape index (κ1) is 11.9. The highest BCUT2D eigenvalue weighted by molar-refractivity contribution is 5.85. The van der Waals surface area contributed by atoms with E-state index in [9.17, 15) is 4.39 Å². The van der Waals surface area contributed by atoms with Gasteiger partial charge in [0.15, 0.2) is 0 Å². The number of rotatable bonds is 2. The van der Waals surface area contributed by atoms with Crippen LogP contribution >= 0.6 is 12.4 Å². The molecule has 0 aliphatic heterocycles. The van der Waals surface area contributed by atoms with Crippen LogP contribution in [-0.4, -0.2) is 11.7 Å². The van der Waals surface area contributed by atoms with Crippen LogP contribution in [0.15, 0.2) is 36.4 Å². The molecule has 0 bridgehead atoms. The SMILES string of the molecule is Cl.N[C@@H](CF)c1ccc2ccccc2n1. The maximum Gasteiger partial charge on any atom is 0.110 e. The molecular weight excluding hydrogens is 215 g/mol. The Morgan fingerprint density at radius 2 is 1.93 bits per heavy atom. The van der Waals surface area contributed by atoms with Crippen molar-refractivity contribution >= 4 is 23.3 Å². The molecule has 0 spiro atoms. The molecule has 0 saturated heterocycles. The standard InChI is InChI=1S/C11H11FN2.ClH/c12-7-9(13)11-6-5-8-3-1-2-4-10(8)14-11;/h1-6,9H,7,13H2;1H/t9-;/m0./s1. The zero-order valence-electron chi connectivity index (χ0n) is 8.06. The van der Waals surface area contributed by atoms with E-state index in [1.54, 1.807) is 6.07 Å². The van der Waals surface area contributed by atoms with Crippen LogP contribution in [0.2, 0.25) is 0 Å². The van der Waals surface area contributed by atoms with Gasteiger partial charge in [-0.3, -0.25) is 4.98 Å². The Hall–Kier alpha value is -1.19. The highest BCUT2D eigenvalue weighted by atomic mass is 35.5. The average molecular weight is 227 g/mol. The van der Waals surface area contributed by atoms with E-state index in [2.05, 4.69) is 4.98 Å². The summed E-state index contributed by atoms with van der Waals surface area (Å²) >= 11 is 0. The highest BCUT2D eigenvalue weighted by Crippen LogP contribution is 2.15. The fourth-order valence-electron chi connectivity index (χ4n) is 1.37. The van der Waals surface area contributed by atoms with Gasteiger partial charge in [0.2, 0.25) is 0 Å². The first-order valence-electron chi connectivity index (χ1n) is 4.48. The van der Waals surface area contributed by atoms with Gasteiger partial charge in [-0.05, 0) is 12.1 Å². The summed E-state index contributed by atoms with van der Waals surface area (Å²) in [5, 5.41) is 1.04. The van der Waals surface area contributed by atoms with Crippen LogP contribution in [-0.2, 0) is 0 Å². The lowest BCUT2D eigenvalue weighted by Gasteiger charge is -2.06. The molecule has 1 aromatic carbocycles. The van der Waals surface area contributed by atoms with Crippen LogP contribution in [0.5, 0.6) is 0 Å². The maximum atomic E-state index is 12.3. The van der Waals surface area contributed by atoms with E-state index in [0.29, 0.717) is 5.69 Å². The number of hydrogen-bond acceptors (Lipinski definition) is 2. The molecule has 0 saturated carbocycles. The number of alkyl halides is 1. The minimum Gasteiger partial charge on any atom is -0.321 e. The summed E-state index contributed by atoms with van der Waals surface area (Å²) in [6.07, 6.45) is 0. The number of hydrogen-bond donors (Lipinski definition) is 1. The predicted octanol–water partition coefficient (Wildman–Crippen LogP) is 2.63. The molecule has 0 amide bonds. The quantitative estimate of drug-likeness (QED) is 0.855. The number of nitrogens with zero attached hydrogens (tertiary/aromatic N) is 1. The Balaban J connectivity index is 0.00000112. The molecule has 80 valence electrons. The first-order valence-corrected chi connectivity index (χ1v) is 4.48. The summed E-state index contributed by atoms with van der Waals surface area (Å²) < 4.78 is 12.3. The molecule has 1 aromatic heterocycles. The molecule has 2 nitrogen and oxygen atoms in total. The smallest absolute Gasteiger partial charge is 0.110 e. The fraction of sp³-hybridized carbons (Fsp3) is 0.182. The molecule has 0 radical (unpaired) electrons. The molecule has 2 N–H and O–H groups in total. The molecule has 0 aliphatic carbocycles. The Kier molecular flexibility index (Phi) is 4.00. The van der Waals surface area contributed by atoms with Gasteiger partial charge in [-0.15, -0.1) is 12.4 Å². The van der Waals surface area contributed by atoms with E-state index in [4.69, 9.17) is 5.73 Å². The van der Waals surface area contributed by atoms with Crippen molar-refractivity contribution in [3.63, 3.8) is 0 Å². The minimum atomic E-state index is -0.611. The van der Waals surface area contributed by atoms with Crippen molar-refractivity contribution in [2.24, 2.45) is 5.73 Å². The molecule has 15 heavy (non-hydrogen) atoms. The van der Waals surface area contributed by atoms with Crippen LogP contribution in [0.3, 0.4) is 0 Å². The third-order valence-electron chi connectivity index (χ3n) is 2.17. The topological polar surface area (TPSA) is 38.9 Å². The zero-order chi connectivity index (χ0) is 9.97. The third-order valence-corrected chi connectivity index (χ3v) is 2.17. The van der Waals surface area contributed by atoms with Crippen molar-refractivity contribution in [1.29, 1.82) is 0 Å². The van der Waals surface area contributed by atoms with Crippen LogP contribution in [0, 0.1) is 0 Å². The molecule has 0 unspecified atom stereocenters. The predicted molar refractivity (Wildman–Crippen MR) is 61.9 cm³/mol. The Morgan fingerprint density at radius 1 is 1.20 bits per heavy atom. The summed E-state index contributed by atoms with van der Waals surface area (Å²) in [6, 6.07) is 10.8. The van der Waals surface area contributed by atoms with Gasteiger partial charge >= 0.3 is 0 Å². The summed E-state index contributed by atoms with van der Waals surface area (Å²) in [7, 11) is 0. The van der Waals surface area contributed by atoms with E-state index in [1.807, 2.05) is 30.3 Å². The highest BCUT2D eigenvalue weighted by Gasteiger charge is 2.06. The Bertz CT molecular complexity index is 447. The van der Waals surface area contributed by atoms with Crippen LogP contribution in [0.25, 0.3) is 10.9 Å². The molecule has 0 aliphatic rings. The number of halogens is 2. The zero-order valence-corrected chi connectivity index (χ0v) is 8.88. The van der Waals surface area contributed by atoms with Gasteiger partial charge in [0, 0.05) is 5.39 Å². The molecule has 1 heterocycles. The van der Waals surface area contributed by atoms with E-state index < -0.39 is 12.7 Å².